The molecule has 1 saturated heterocycles. The van der Waals surface area contributed by atoms with Crippen LogP contribution in [0.4, 0.5) is 20.4 Å². The predicted molar refractivity (Wildman–Crippen MR) is 104 cm³/mol. The molecule has 3 rings (SSSR count). The summed E-state index contributed by atoms with van der Waals surface area (Å²) in [5.41, 5.74) is 0.953. The van der Waals surface area contributed by atoms with E-state index in [-0.39, 0.29) is 16.9 Å². The number of anilines is 2. The minimum absolute atomic E-state index is 0.0327. The molecule has 0 spiro atoms. The van der Waals surface area contributed by atoms with Crippen molar-refractivity contribution in [2.75, 3.05) is 35.7 Å². The van der Waals surface area contributed by atoms with Crippen LogP contribution in [0.1, 0.15) is 19.5 Å². The highest BCUT2D eigenvalue weighted by atomic mass is 32.2. The molecule has 1 atom stereocenters. The summed E-state index contributed by atoms with van der Waals surface area (Å²) in [5, 5.41) is 0. The fourth-order valence-corrected chi connectivity index (χ4v) is 4.17. The normalized spacial score (nSPS) is 18.0. The van der Waals surface area contributed by atoms with Crippen LogP contribution in [0, 0.1) is 24.5 Å². The molecule has 1 aromatic carbocycles. The summed E-state index contributed by atoms with van der Waals surface area (Å²) in [7, 11) is -3.65. The Labute approximate surface area is 164 Å². The van der Waals surface area contributed by atoms with E-state index in [1.807, 2.05) is 4.90 Å². The van der Waals surface area contributed by atoms with Crippen LogP contribution in [-0.2, 0) is 9.84 Å². The molecule has 152 valence electrons. The van der Waals surface area contributed by atoms with Crippen molar-refractivity contribution in [1.29, 1.82) is 0 Å². The van der Waals surface area contributed by atoms with E-state index in [0.717, 1.165) is 6.26 Å². The molecule has 1 aromatic heterocycles. The molecule has 0 N–H and O–H groups in total. The number of aromatic nitrogens is 2. The molecular weight excluding hydrogens is 386 g/mol. The molecule has 0 saturated carbocycles. The Morgan fingerprint density at radius 3 is 2.50 bits per heavy atom. The Morgan fingerprint density at radius 2 is 1.89 bits per heavy atom. The lowest BCUT2D eigenvalue weighted by atomic mass is 9.99. The third-order valence-electron chi connectivity index (χ3n) is 5.03. The number of rotatable bonds is 4. The minimum Gasteiger partial charge on any atom is -0.368 e. The van der Waals surface area contributed by atoms with E-state index in [1.165, 1.54) is 18.3 Å². The molecule has 0 aliphatic carbocycles. The Balaban J connectivity index is 1.90. The van der Waals surface area contributed by atoms with Gasteiger partial charge in [0.1, 0.15) is 10.7 Å². The standard InChI is InChI=1S/C19H24F2N4O2S/c1-12(2)17-11-24(14-5-6-15(20)18(9-14)28(4,26)27)7-8-25(17)19-22-10-16(21)13(3)23-19/h5-6,9-10,12,17H,7-8,11H2,1-4H3. The third kappa shape index (κ3) is 4.09. The van der Waals surface area contributed by atoms with E-state index in [2.05, 4.69) is 28.7 Å². The zero-order valence-corrected chi connectivity index (χ0v) is 17.2. The van der Waals surface area contributed by atoms with Gasteiger partial charge in [0, 0.05) is 31.6 Å². The minimum atomic E-state index is -3.65. The number of halogens is 2. The summed E-state index contributed by atoms with van der Waals surface area (Å²) in [6, 6.07) is 4.20. The van der Waals surface area contributed by atoms with Crippen molar-refractivity contribution in [3.05, 3.63) is 41.7 Å². The van der Waals surface area contributed by atoms with E-state index in [0.29, 0.717) is 37.0 Å². The molecule has 1 aliphatic heterocycles. The smallest absolute Gasteiger partial charge is 0.226 e. The monoisotopic (exact) mass is 410 g/mol. The van der Waals surface area contributed by atoms with Gasteiger partial charge in [0.25, 0.3) is 0 Å². The number of piperazine rings is 1. The number of hydrogen-bond acceptors (Lipinski definition) is 6. The van der Waals surface area contributed by atoms with Gasteiger partial charge in [-0.25, -0.2) is 27.2 Å². The van der Waals surface area contributed by atoms with Gasteiger partial charge in [0.05, 0.1) is 17.9 Å². The molecule has 9 heteroatoms. The molecule has 1 fully saturated rings. The SMILES string of the molecule is Cc1nc(N2CCN(c3ccc(F)c(S(C)(=O)=O)c3)CC2C(C)C)ncc1F. The van der Waals surface area contributed by atoms with Gasteiger partial charge in [0.2, 0.25) is 5.95 Å². The van der Waals surface area contributed by atoms with Gasteiger partial charge in [0.15, 0.2) is 15.7 Å². The highest BCUT2D eigenvalue weighted by Gasteiger charge is 2.32. The van der Waals surface area contributed by atoms with Crippen molar-refractivity contribution >= 4 is 21.5 Å². The first-order chi connectivity index (χ1) is 13.1. The molecule has 0 bridgehead atoms. The van der Waals surface area contributed by atoms with Crippen molar-refractivity contribution < 1.29 is 17.2 Å². The fraction of sp³-hybridized carbons (Fsp3) is 0.474. The highest BCUT2D eigenvalue weighted by molar-refractivity contribution is 7.90. The Morgan fingerprint density at radius 1 is 1.18 bits per heavy atom. The first kappa shape index (κ1) is 20.4. The molecule has 1 aliphatic rings. The third-order valence-corrected chi connectivity index (χ3v) is 6.14. The largest absolute Gasteiger partial charge is 0.368 e. The van der Waals surface area contributed by atoms with Gasteiger partial charge in [-0.15, -0.1) is 0 Å². The molecule has 2 aromatic rings. The molecule has 28 heavy (non-hydrogen) atoms. The van der Waals surface area contributed by atoms with Crippen LogP contribution in [0.2, 0.25) is 0 Å². The lowest BCUT2D eigenvalue weighted by molar-refractivity contribution is 0.412. The van der Waals surface area contributed by atoms with Gasteiger partial charge in [-0.3, -0.25) is 0 Å². The lowest BCUT2D eigenvalue weighted by Gasteiger charge is -2.44. The highest BCUT2D eigenvalue weighted by Crippen LogP contribution is 2.28. The Kier molecular flexibility index (Phi) is 5.56. The molecule has 0 amide bonds. The van der Waals surface area contributed by atoms with Crippen LogP contribution >= 0.6 is 0 Å². The second-order valence-corrected chi connectivity index (χ2v) is 9.43. The van der Waals surface area contributed by atoms with Crippen LogP contribution in [0.25, 0.3) is 0 Å². The van der Waals surface area contributed by atoms with Gasteiger partial charge in [-0.05, 0) is 31.0 Å². The van der Waals surface area contributed by atoms with E-state index >= 15 is 0 Å². The van der Waals surface area contributed by atoms with E-state index in [9.17, 15) is 17.2 Å². The molecule has 0 radical (unpaired) electrons. The van der Waals surface area contributed by atoms with Gasteiger partial charge >= 0.3 is 0 Å². The van der Waals surface area contributed by atoms with Crippen molar-refractivity contribution in [1.82, 2.24) is 9.97 Å². The zero-order chi connectivity index (χ0) is 20.6. The van der Waals surface area contributed by atoms with Crippen LogP contribution in [0.15, 0.2) is 29.3 Å². The Hall–Kier alpha value is -2.29. The van der Waals surface area contributed by atoms with Crippen LogP contribution in [0.3, 0.4) is 0 Å². The zero-order valence-electron chi connectivity index (χ0n) is 16.4. The predicted octanol–water partition coefficient (Wildman–Crippen LogP) is 2.82. The molecule has 2 heterocycles. The lowest BCUT2D eigenvalue weighted by Crippen LogP contribution is -2.56. The van der Waals surface area contributed by atoms with Crippen molar-refractivity contribution in [2.45, 2.75) is 31.7 Å². The summed E-state index contributed by atoms with van der Waals surface area (Å²) >= 11 is 0. The first-order valence-electron chi connectivity index (χ1n) is 9.08. The maximum atomic E-state index is 13.9. The topological polar surface area (TPSA) is 66.4 Å². The molecular formula is C19H24F2N4O2S. The molecule has 6 nitrogen and oxygen atoms in total. The van der Waals surface area contributed by atoms with E-state index < -0.39 is 21.5 Å². The summed E-state index contributed by atoms with van der Waals surface area (Å²) in [6.45, 7) is 7.50. The molecule has 1 unspecified atom stereocenters. The second kappa shape index (κ2) is 7.62. The first-order valence-corrected chi connectivity index (χ1v) is 11.0. The number of sulfone groups is 1. The van der Waals surface area contributed by atoms with Gasteiger partial charge in [-0.2, -0.15) is 0 Å². The summed E-state index contributed by atoms with van der Waals surface area (Å²) < 4.78 is 51.2. The van der Waals surface area contributed by atoms with Gasteiger partial charge in [-0.1, -0.05) is 13.8 Å². The fourth-order valence-electron chi connectivity index (χ4n) is 3.41. The van der Waals surface area contributed by atoms with Crippen molar-refractivity contribution in [3.8, 4) is 0 Å². The average molecular weight is 410 g/mol. The van der Waals surface area contributed by atoms with Crippen molar-refractivity contribution in [3.63, 3.8) is 0 Å². The van der Waals surface area contributed by atoms with Crippen LogP contribution in [0.5, 0.6) is 0 Å². The number of nitrogens with zero attached hydrogens (tertiary/aromatic N) is 4. The quantitative estimate of drug-likeness (QED) is 0.772. The van der Waals surface area contributed by atoms with Gasteiger partial charge < -0.3 is 9.80 Å². The van der Waals surface area contributed by atoms with Crippen LogP contribution in [-0.4, -0.2) is 50.3 Å². The maximum Gasteiger partial charge on any atom is 0.226 e. The van der Waals surface area contributed by atoms with E-state index in [1.54, 1.807) is 13.0 Å². The average Bonchev–Trinajstić information content (AvgIpc) is 2.63. The number of aryl methyl sites for hydroxylation is 1. The number of benzene rings is 1. The summed E-state index contributed by atoms with van der Waals surface area (Å²) in [4.78, 5) is 12.2. The summed E-state index contributed by atoms with van der Waals surface area (Å²) in [6.07, 6.45) is 2.18. The number of hydrogen-bond donors (Lipinski definition) is 0. The second-order valence-electron chi connectivity index (χ2n) is 7.44. The Bertz CT molecular complexity index is 982. The summed E-state index contributed by atoms with van der Waals surface area (Å²) in [5.74, 6) is -0.469. The maximum absolute atomic E-state index is 13.9. The van der Waals surface area contributed by atoms with E-state index in [4.69, 9.17) is 0 Å². The van der Waals surface area contributed by atoms with Crippen LogP contribution < -0.4 is 9.80 Å². The van der Waals surface area contributed by atoms with Crippen molar-refractivity contribution in [2.24, 2.45) is 5.92 Å².